The summed E-state index contributed by atoms with van der Waals surface area (Å²) >= 11 is 12.5. The van der Waals surface area contributed by atoms with E-state index in [2.05, 4.69) is 0 Å². The fraction of sp³-hybridized carbons (Fsp3) is 0.364. The molecule has 1 atom stereocenters. The molecule has 6 nitrogen and oxygen atoms in total. The SMILES string of the molecule is COc1cc(OC)c(C(=O)P(=O)(C(=O)c2c(Cl)cccc2Cl)C2CCCC2)c(OC)c1. The highest BCUT2D eigenvalue weighted by Gasteiger charge is 2.50. The average molecular weight is 485 g/mol. The minimum absolute atomic E-state index is 0.0529. The number of methoxy groups -OCH3 is 3. The topological polar surface area (TPSA) is 78.9 Å². The van der Waals surface area contributed by atoms with Crippen molar-refractivity contribution in [2.24, 2.45) is 0 Å². The second kappa shape index (κ2) is 9.64. The van der Waals surface area contributed by atoms with Gasteiger partial charge in [0.1, 0.15) is 22.8 Å². The van der Waals surface area contributed by atoms with E-state index in [1.54, 1.807) is 6.07 Å². The number of ether oxygens (including phenoxy) is 3. The number of halogens is 2. The first-order valence-electron chi connectivity index (χ1n) is 9.73. The van der Waals surface area contributed by atoms with E-state index >= 15 is 0 Å². The first kappa shape index (κ1) is 23.6. The van der Waals surface area contributed by atoms with Gasteiger partial charge < -0.3 is 18.8 Å². The Morgan fingerprint density at radius 2 is 1.35 bits per heavy atom. The van der Waals surface area contributed by atoms with Crippen molar-refractivity contribution < 1.29 is 28.4 Å². The quantitative estimate of drug-likeness (QED) is 0.408. The Kier molecular flexibility index (Phi) is 7.35. The fourth-order valence-corrected chi connectivity index (χ4v) is 7.71. The molecule has 0 spiro atoms. The van der Waals surface area contributed by atoms with Crippen molar-refractivity contribution in [2.45, 2.75) is 31.3 Å². The van der Waals surface area contributed by atoms with Gasteiger partial charge in [-0.1, -0.05) is 42.1 Å². The van der Waals surface area contributed by atoms with Gasteiger partial charge in [-0.2, -0.15) is 0 Å². The van der Waals surface area contributed by atoms with E-state index in [0.29, 0.717) is 18.6 Å². The van der Waals surface area contributed by atoms with E-state index in [1.165, 1.54) is 45.6 Å². The average Bonchev–Trinajstić information content (AvgIpc) is 3.32. The molecule has 1 fully saturated rings. The van der Waals surface area contributed by atoms with Crippen molar-refractivity contribution in [3.63, 3.8) is 0 Å². The molecular weight excluding hydrogens is 462 g/mol. The molecule has 3 rings (SSSR count). The lowest BCUT2D eigenvalue weighted by molar-refractivity contribution is 0.103. The smallest absolute Gasteiger partial charge is 0.236 e. The van der Waals surface area contributed by atoms with Gasteiger partial charge in [0, 0.05) is 17.8 Å². The van der Waals surface area contributed by atoms with Crippen molar-refractivity contribution in [2.75, 3.05) is 21.3 Å². The summed E-state index contributed by atoms with van der Waals surface area (Å²) in [4.78, 5) is 27.6. The van der Waals surface area contributed by atoms with Crippen molar-refractivity contribution in [3.05, 3.63) is 51.5 Å². The van der Waals surface area contributed by atoms with Crippen molar-refractivity contribution in [1.29, 1.82) is 0 Å². The lowest BCUT2D eigenvalue weighted by Crippen LogP contribution is -2.21. The summed E-state index contributed by atoms with van der Waals surface area (Å²) in [5.41, 5.74) is -2.41. The molecule has 1 aliphatic carbocycles. The molecule has 166 valence electrons. The number of carbonyl (C=O) groups is 2. The van der Waals surface area contributed by atoms with Gasteiger partial charge in [0.2, 0.25) is 18.2 Å². The Morgan fingerprint density at radius 3 is 1.81 bits per heavy atom. The maximum Gasteiger partial charge on any atom is 0.236 e. The van der Waals surface area contributed by atoms with Crippen LogP contribution in [-0.4, -0.2) is 38.0 Å². The predicted octanol–water partition coefficient (Wildman–Crippen LogP) is 6.31. The van der Waals surface area contributed by atoms with Crippen molar-refractivity contribution >= 4 is 41.4 Å². The zero-order valence-electron chi connectivity index (χ0n) is 17.4. The Morgan fingerprint density at radius 1 is 0.871 bits per heavy atom. The van der Waals surface area contributed by atoms with Gasteiger partial charge in [0.05, 0.1) is 36.9 Å². The van der Waals surface area contributed by atoms with Crippen LogP contribution in [0.25, 0.3) is 0 Å². The first-order chi connectivity index (χ1) is 14.8. The fourth-order valence-electron chi connectivity index (χ4n) is 3.94. The van der Waals surface area contributed by atoms with Gasteiger partial charge in [-0.05, 0) is 25.0 Å². The molecule has 0 aliphatic heterocycles. The molecule has 0 amide bonds. The Labute approximate surface area is 191 Å². The largest absolute Gasteiger partial charge is 0.496 e. The van der Waals surface area contributed by atoms with E-state index in [0.717, 1.165) is 12.8 Å². The summed E-state index contributed by atoms with van der Waals surface area (Å²) in [5.74, 6) is 0.608. The standard InChI is InChI=1S/C22H23Cl2O6P/c1-28-13-11-17(29-2)20(18(12-13)30-3)22(26)31(27,14-7-4-5-8-14)21(25)19-15(23)9-6-10-16(19)24/h6,9-12,14H,4-5,7-8H2,1-3H3. The summed E-state index contributed by atoms with van der Waals surface area (Å²) in [6, 6.07) is 7.53. The van der Waals surface area contributed by atoms with Crippen LogP contribution in [0.15, 0.2) is 30.3 Å². The zero-order chi connectivity index (χ0) is 22.8. The van der Waals surface area contributed by atoms with E-state index < -0.39 is 23.8 Å². The lowest BCUT2D eigenvalue weighted by atomic mass is 10.2. The van der Waals surface area contributed by atoms with Gasteiger partial charge in [-0.15, -0.1) is 0 Å². The van der Waals surface area contributed by atoms with Crippen LogP contribution in [0, 0.1) is 0 Å². The molecule has 1 unspecified atom stereocenters. The molecule has 1 saturated carbocycles. The van der Waals surface area contributed by atoms with Crippen LogP contribution in [0.1, 0.15) is 46.4 Å². The van der Waals surface area contributed by atoms with Gasteiger partial charge in [-0.3, -0.25) is 9.59 Å². The van der Waals surface area contributed by atoms with Crippen LogP contribution in [0.5, 0.6) is 17.2 Å². The minimum Gasteiger partial charge on any atom is -0.496 e. The van der Waals surface area contributed by atoms with Crippen LogP contribution >= 0.6 is 30.3 Å². The summed E-state index contributed by atoms with van der Waals surface area (Å²) in [6.07, 6.45) is 2.56. The van der Waals surface area contributed by atoms with Crippen LogP contribution in [0.4, 0.5) is 0 Å². The molecule has 0 saturated heterocycles. The minimum atomic E-state index is -4.20. The van der Waals surface area contributed by atoms with Crippen LogP contribution < -0.4 is 14.2 Å². The van der Waals surface area contributed by atoms with Crippen LogP contribution in [0.3, 0.4) is 0 Å². The Balaban J connectivity index is 2.24. The van der Waals surface area contributed by atoms with Crippen molar-refractivity contribution in [3.8, 4) is 17.2 Å². The maximum atomic E-state index is 14.5. The van der Waals surface area contributed by atoms with E-state index in [-0.39, 0.29) is 32.7 Å². The highest BCUT2D eigenvalue weighted by molar-refractivity contribution is 7.96. The van der Waals surface area contributed by atoms with E-state index in [1.807, 2.05) is 0 Å². The molecule has 0 aromatic heterocycles. The molecular formula is C22H23Cl2O6P. The summed E-state index contributed by atoms with van der Waals surface area (Å²) in [5, 5.41) is 0.106. The zero-order valence-corrected chi connectivity index (χ0v) is 19.9. The second-order valence-corrected chi connectivity index (χ2v) is 10.9. The third kappa shape index (κ3) is 4.21. The molecule has 2 aromatic rings. The number of benzene rings is 2. The van der Waals surface area contributed by atoms with Gasteiger partial charge in [-0.25, -0.2) is 0 Å². The monoisotopic (exact) mass is 484 g/mol. The molecule has 9 heteroatoms. The van der Waals surface area contributed by atoms with E-state index in [9.17, 15) is 14.2 Å². The molecule has 0 radical (unpaired) electrons. The van der Waals surface area contributed by atoms with E-state index in [4.69, 9.17) is 37.4 Å². The summed E-state index contributed by atoms with van der Waals surface area (Å²) in [7, 11) is 0.00881. The third-order valence-electron chi connectivity index (χ3n) is 5.55. The third-order valence-corrected chi connectivity index (χ3v) is 9.38. The number of hydrogen-bond donors (Lipinski definition) is 0. The number of hydrogen-bond acceptors (Lipinski definition) is 6. The number of carbonyl (C=O) groups excluding carboxylic acids is 2. The van der Waals surface area contributed by atoms with Crippen LogP contribution in [-0.2, 0) is 4.57 Å². The van der Waals surface area contributed by atoms with Crippen molar-refractivity contribution in [1.82, 2.24) is 0 Å². The molecule has 2 aromatic carbocycles. The molecule has 31 heavy (non-hydrogen) atoms. The second-order valence-electron chi connectivity index (χ2n) is 7.21. The summed E-state index contributed by atoms with van der Waals surface area (Å²) in [6.45, 7) is 0. The molecule has 1 aliphatic rings. The highest BCUT2D eigenvalue weighted by Crippen LogP contribution is 2.63. The van der Waals surface area contributed by atoms with Crippen LogP contribution in [0.2, 0.25) is 10.0 Å². The molecule has 0 N–H and O–H groups in total. The lowest BCUT2D eigenvalue weighted by Gasteiger charge is -2.24. The van der Waals surface area contributed by atoms with Gasteiger partial charge in [0.25, 0.3) is 0 Å². The normalized spacial score (nSPS) is 15.9. The maximum absolute atomic E-state index is 14.5. The van der Waals surface area contributed by atoms with Gasteiger partial charge in [0.15, 0.2) is 0 Å². The molecule has 0 bridgehead atoms. The Bertz CT molecular complexity index is 1020. The summed E-state index contributed by atoms with van der Waals surface area (Å²) < 4.78 is 30.4. The first-order valence-corrected chi connectivity index (χ1v) is 12.3. The Hall–Kier alpha value is -2.01. The predicted molar refractivity (Wildman–Crippen MR) is 121 cm³/mol. The van der Waals surface area contributed by atoms with Gasteiger partial charge >= 0.3 is 0 Å². The molecule has 0 heterocycles. The number of rotatable bonds is 8. The highest BCUT2D eigenvalue weighted by atomic mass is 35.5.